The summed E-state index contributed by atoms with van der Waals surface area (Å²) in [6.45, 7) is 3.42. The fourth-order valence-electron chi connectivity index (χ4n) is 2.43. The van der Waals surface area contributed by atoms with Crippen molar-refractivity contribution in [3.63, 3.8) is 0 Å². The minimum absolute atomic E-state index is 0.0309. The van der Waals surface area contributed by atoms with Crippen molar-refractivity contribution in [1.29, 1.82) is 0 Å². The van der Waals surface area contributed by atoms with E-state index in [1.54, 1.807) is 13.8 Å². The normalized spacial score (nSPS) is 10.4. The first-order valence-corrected chi connectivity index (χ1v) is 9.05. The van der Waals surface area contributed by atoms with Crippen LogP contribution in [0.2, 0.25) is 0 Å². The summed E-state index contributed by atoms with van der Waals surface area (Å²) in [7, 11) is 1.19. The van der Waals surface area contributed by atoms with Crippen molar-refractivity contribution in [2.75, 3.05) is 19.0 Å². The second kappa shape index (κ2) is 9.13. The van der Waals surface area contributed by atoms with Crippen LogP contribution in [0, 0.1) is 6.92 Å². The number of thiophene rings is 1. The number of ether oxygens (including phenoxy) is 2. The maximum absolute atomic E-state index is 12.3. The largest absolute Gasteiger partial charge is 0.477 e. The Balaban J connectivity index is 2.19. The Hall–Kier alpha value is -3.21. The molecule has 0 aliphatic rings. The highest BCUT2D eigenvalue weighted by molar-refractivity contribution is 7.18. The zero-order valence-corrected chi connectivity index (χ0v) is 16.3. The Morgan fingerprint density at radius 3 is 2.61 bits per heavy atom. The molecule has 0 atom stereocenters. The number of hydrogen-bond acceptors (Lipinski definition) is 8. The molecular formula is C17H19N3O7S. The molecule has 150 valence electrons. The van der Waals surface area contributed by atoms with Gasteiger partial charge in [0.05, 0.1) is 25.8 Å². The van der Waals surface area contributed by atoms with E-state index in [2.05, 4.69) is 10.4 Å². The Bertz CT molecular complexity index is 916. The number of aryl methyl sites for hydroxylation is 1. The second-order valence-corrected chi connectivity index (χ2v) is 6.54. The predicted molar refractivity (Wildman–Crippen MR) is 98.8 cm³/mol. The average Bonchev–Trinajstić information content (AvgIpc) is 3.24. The average molecular weight is 409 g/mol. The van der Waals surface area contributed by atoms with Gasteiger partial charge in [0.2, 0.25) is 5.91 Å². The van der Waals surface area contributed by atoms with Crippen molar-refractivity contribution in [3.8, 4) is 0 Å². The molecule has 10 nitrogen and oxygen atoms in total. The van der Waals surface area contributed by atoms with Gasteiger partial charge in [-0.2, -0.15) is 5.10 Å². The van der Waals surface area contributed by atoms with Gasteiger partial charge in [0.1, 0.15) is 15.6 Å². The molecule has 0 aliphatic heterocycles. The van der Waals surface area contributed by atoms with E-state index in [0.29, 0.717) is 5.56 Å². The SMILES string of the molecule is CCOC(=O)c1sc(NC(=O)CCn2nccc2C(=O)O)c(C(=O)OC)c1C. The van der Waals surface area contributed by atoms with Gasteiger partial charge in [0.25, 0.3) is 0 Å². The first-order valence-electron chi connectivity index (χ1n) is 8.23. The molecule has 0 spiro atoms. The number of nitrogens with one attached hydrogen (secondary N) is 1. The van der Waals surface area contributed by atoms with Crippen LogP contribution in [0.4, 0.5) is 5.00 Å². The summed E-state index contributed by atoms with van der Waals surface area (Å²) in [5, 5.41) is 15.7. The highest BCUT2D eigenvalue weighted by Gasteiger charge is 2.27. The molecule has 2 aromatic rings. The van der Waals surface area contributed by atoms with Crippen LogP contribution < -0.4 is 5.32 Å². The van der Waals surface area contributed by atoms with E-state index < -0.39 is 23.8 Å². The number of hydrogen-bond donors (Lipinski definition) is 2. The number of carbonyl (C=O) groups is 4. The molecule has 0 unspecified atom stereocenters. The summed E-state index contributed by atoms with van der Waals surface area (Å²) in [5.74, 6) is -2.93. The van der Waals surface area contributed by atoms with Crippen molar-refractivity contribution in [3.05, 3.63) is 34.0 Å². The molecule has 2 aromatic heterocycles. The van der Waals surface area contributed by atoms with Crippen LogP contribution >= 0.6 is 11.3 Å². The van der Waals surface area contributed by atoms with Crippen LogP contribution in [0.1, 0.15) is 49.4 Å². The Morgan fingerprint density at radius 1 is 1.29 bits per heavy atom. The van der Waals surface area contributed by atoms with Crippen molar-refractivity contribution in [2.24, 2.45) is 0 Å². The Kier molecular flexibility index (Phi) is 6.88. The molecule has 0 saturated heterocycles. The van der Waals surface area contributed by atoms with Crippen LogP contribution in [0.5, 0.6) is 0 Å². The number of carbonyl (C=O) groups excluding carboxylic acids is 3. The van der Waals surface area contributed by atoms with Crippen molar-refractivity contribution in [2.45, 2.75) is 26.8 Å². The van der Waals surface area contributed by atoms with Gasteiger partial charge in [-0.15, -0.1) is 11.3 Å². The quantitative estimate of drug-likeness (QED) is 0.631. The molecule has 28 heavy (non-hydrogen) atoms. The second-order valence-electron chi connectivity index (χ2n) is 5.52. The molecule has 0 aromatic carbocycles. The van der Waals surface area contributed by atoms with Crippen LogP contribution in [0.15, 0.2) is 12.3 Å². The zero-order valence-electron chi connectivity index (χ0n) is 15.5. The summed E-state index contributed by atoms with van der Waals surface area (Å²) in [6, 6.07) is 1.32. The molecular weight excluding hydrogens is 390 g/mol. The van der Waals surface area contributed by atoms with E-state index in [1.165, 1.54) is 24.1 Å². The third-order valence-corrected chi connectivity index (χ3v) is 4.92. The van der Waals surface area contributed by atoms with Gasteiger partial charge in [-0.05, 0) is 25.5 Å². The lowest BCUT2D eigenvalue weighted by atomic mass is 10.1. The minimum Gasteiger partial charge on any atom is -0.477 e. The smallest absolute Gasteiger partial charge is 0.354 e. The third-order valence-electron chi connectivity index (χ3n) is 3.74. The number of esters is 2. The first-order chi connectivity index (χ1) is 13.3. The number of methoxy groups -OCH3 is 1. The van der Waals surface area contributed by atoms with E-state index in [-0.39, 0.29) is 40.7 Å². The van der Waals surface area contributed by atoms with E-state index >= 15 is 0 Å². The minimum atomic E-state index is -1.15. The molecule has 1 amide bonds. The van der Waals surface area contributed by atoms with E-state index in [4.69, 9.17) is 14.6 Å². The van der Waals surface area contributed by atoms with Gasteiger partial charge in [-0.3, -0.25) is 9.48 Å². The number of carboxylic acids is 1. The number of carboxylic acid groups (broad SMARTS) is 1. The van der Waals surface area contributed by atoms with Gasteiger partial charge in [-0.25, -0.2) is 14.4 Å². The monoisotopic (exact) mass is 409 g/mol. The van der Waals surface area contributed by atoms with E-state index in [1.807, 2.05) is 0 Å². The van der Waals surface area contributed by atoms with Gasteiger partial charge in [0, 0.05) is 12.6 Å². The van der Waals surface area contributed by atoms with Gasteiger partial charge in [0.15, 0.2) is 0 Å². The Morgan fingerprint density at radius 2 is 2.00 bits per heavy atom. The van der Waals surface area contributed by atoms with Crippen LogP contribution in [0.3, 0.4) is 0 Å². The number of anilines is 1. The standard InChI is InChI=1S/C17H19N3O7S/c1-4-27-17(25)13-9(2)12(16(24)26-3)14(28-13)19-11(21)6-8-20-10(15(22)23)5-7-18-20/h5,7H,4,6,8H2,1-3H3,(H,19,21)(H,22,23). The highest BCUT2D eigenvalue weighted by atomic mass is 32.1. The summed E-state index contributed by atoms with van der Waals surface area (Å²) >= 11 is 0.914. The lowest BCUT2D eigenvalue weighted by molar-refractivity contribution is -0.116. The van der Waals surface area contributed by atoms with E-state index in [0.717, 1.165) is 11.3 Å². The van der Waals surface area contributed by atoms with Crippen LogP contribution in [0.25, 0.3) is 0 Å². The third kappa shape index (κ3) is 4.55. The van der Waals surface area contributed by atoms with Crippen molar-refractivity contribution < 1.29 is 33.8 Å². The number of aromatic carboxylic acids is 1. The molecule has 0 aliphatic carbocycles. The molecule has 11 heteroatoms. The topological polar surface area (TPSA) is 137 Å². The summed E-state index contributed by atoms with van der Waals surface area (Å²) < 4.78 is 10.9. The molecule has 2 rings (SSSR count). The molecule has 2 N–H and O–H groups in total. The van der Waals surface area contributed by atoms with Gasteiger partial charge < -0.3 is 19.9 Å². The zero-order chi connectivity index (χ0) is 20.8. The summed E-state index contributed by atoms with van der Waals surface area (Å²) in [4.78, 5) is 47.7. The molecule has 0 bridgehead atoms. The molecule has 0 radical (unpaired) electrons. The lowest BCUT2D eigenvalue weighted by Gasteiger charge is -2.07. The van der Waals surface area contributed by atoms with Gasteiger partial charge >= 0.3 is 17.9 Å². The number of aromatic nitrogens is 2. The molecule has 0 fully saturated rings. The first kappa shape index (κ1) is 21.1. The van der Waals surface area contributed by atoms with Crippen molar-refractivity contribution in [1.82, 2.24) is 9.78 Å². The number of nitrogens with zero attached hydrogens (tertiary/aromatic N) is 2. The molecule has 2 heterocycles. The maximum atomic E-state index is 12.3. The highest BCUT2D eigenvalue weighted by Crippen LogP contribution is 2.34. The molecule has 0 saturated carbocycles. The van der Waals surface area contributed by atoms with Crippen molar-refractivity contribution >= 4 is 40.2 Å². The fourth-order valence-corrected chi connectivity index (χ4v) is 3.53. The summed E-state index contributed by atoms with van der Waals surface area (Å²) in [5.41, 5.74) is 0.389. The Labute approximate surface area is 164 Å². The number of amides is 1. The van der Waals surface area contributed by atoms with Crippen LogP contribution in [-0.2, 0) is 20.8 Å². The van der Waals surface area contributed by atoms with Crippen LogP contribution in [-0.4, -0.2) is 52.4 Å². The lowest BCUT2D eigenvalue weighted by Crippen LogP contribution is -2.18. The predicted octanol–water partition coefficient (Wildman–Crippen LogP) is 1.94. The summed E-state index contributed by atoms with van der Waals surface area (Å²) in [6.07, 6.45) is 1.24. The number of rotatable bonds is 8. The van der Waals surface area contributed by atoms with Gasteiger partial charge in [-0.1, -0.05) is 0 Å². The maximum Gasteiger partial charge on any atom is 0.354 e. The van der Waals surface area contributed by atoms with E-state index in [9.17, 15) is 19.2 Å². The fraction of sp³-hybridized carbons (Fsp3) is 0.353.